The first-order valence-electron chi connectivity index (χ1n) is 9.35. The number of amides is 2. The number of benzene rings is 2. The number of carbonyl (C=O) groups excluding carboxylic acids is 1. The predicted octanol–water partition coefficient (Wildman–Crippen LogP) is 3.34. The minimum Gasteiger partial charge on any atom is -0.494 e. The van der Waals surface area contributed by atoms with Crippen molar-refractivity contribution in [1.29, 1.82) is 0 Å². The molecule has 0 spiro atoms. The summed E-state index contributed by atoms with van der Waals surface area (Å²) in [6, 6.07) is 11.4. The molecule has 2 amide bonds. The molecule has 0 radical (unpaired) electrons. The molecule has 2 aromatic rings. The number of para-hydroxylation sites is 1. The summed E-state index contributed by atoms with van der Waals surface area (Å²) in [6.45, 7) is 5.38. The van der Waals surface area contributed by atoms with Gasteiger partial charge in [0.05, 0.1) is 12.6 Å². The molecule has 2 heterocycles. The standard InChI is InChI=1S/C21H24N2O4/c1-3-25-19-9-14-8-13(2)27-20(14)10-15(19)11-22-21(24)23-17-12-26-18-7-5-4-6-16(17)18/h4-7,9-10,13,17H,3,8,11-12H2,1-2H3,(H2,22,23,24). The molecule has 27 heavy (non-hydrogen) atoms. The molecule has 0 aliphatic carbocycles. The first-order chi connectivity index (χ1) is 13.1. The molecule has 2 aliphatic rings. The van der Waals surface area contributed by atoms with Crippen LogP contribution in [0.15, 0.2) is 36.4 Å². The van der Waals surface area contributed by atoms with Crippen LogP contribution in [0.4, 0.5) is 4.79 Å². The lowest BCUT2D eigenvalue weighted by atomic mass is 10.1. The van der Waals surface area contributed by atoms with E-state index < -0.39 is 0 Å². The molecule has 2 aromatic carbocycles. The van der Waals surface area contributed by atoms with Gasteiger partial charge in [0, 0.05) is 29.7 Å². The second-order valence-corrected chi connectivity index (χ2v) is 6.86. The van der Waals surface area contributed by atoms with Gasteiger partial charge in [-0.2, -0.15) is 0 Å². The molecule has 2 atom stereocenters. The minimum atomic E-state index is -0.238. The van der Waals surface area contributed by atoms with Gasteiger partial charge >= 0.3 is 6.03 Å². The Hall–Kier alpha value is -2.89. The molecule has 6 heteroatoms. The van der Waals surface area contributed by atoms with Crippen molar-refractivity contribution in [2.24, 2.45) is 0 Å². The lowest BCUT2D eigenvalue weighted by Crippen LogP contribution is -2.38. The topological polar surface area (TPSA) is 68.8 Å². The predicted molar refractivity (Wildman–Crippen MR) is 101 cm³/mol. The van der Waals surface area contributed by atoms with Gasteiger partial charge in [-0.3, -0.25) is 0 Å². The van der Waals surface area contributed by atoms with E-state index >= 15 is 0 Å². The van der Waals surface area contributed by atoms with Crippen LogP contribution in [0.1, 0.15) is 36.6 Å². The maximum atomic E-state index is 12.4. The summed E-state index contributed by atoms with van der Waals surface area (Å²) in [5.74, 6) is 2.50. The van der Waals surface area contributed by atoms with Crippen molar-refractivity contribution in [1.82, 2.24) is 10.6 Å². The van der Waals surface area contributed by atoms with Gasteiger partial charge in [0.25, 0.3) is 0 Å². The number of urea groups is 1. The van der Waals surface area contributed by atoms with Crippen molar-refractivity contribution in [3.63, 3.8) is 0 Å². The smallest absolute Gasteiger partial charge is 0.315 e. The summed E-state index contributed by atoms with van der Waals surface area (Å²) in [5.41, 5.74) is 3.06. The van der Waals surface area contributed by atoms with Crippen molar-refractivity contribution >= 4 is 6.03 Å². The molecule has 0 aromatic heterocycles. The number of hydrogen-bond acceptors (Lipinski definition) is 4. The molecule has 2 N–H and O–H groups in total. The van der Waals surface area contributed by atoms with Crippen LogP contribution in [-0.4, -0.2) is 25.3 Å². The van der Waals surface area contributed by atoms with Crippen molar-refractivity contribution < 1.29 is 19.0 Å². The number of hydrogen-bond donors (Lipinski definition) is 2. The van der Waals surface area contributed by atoms with Gasteiger partial charge in [0.1, 0.15) is 30.0 Å². The van der Waals surface area contributed by atoms with Crippen LogP contribution in [0, 0.1) is 0 Å². The van der Waals surface area contributed by atoms with Crippen LogP contribution in [0.3, 0.4) is 0 Å². The van der Waals surface area contributed by atoms with E-state index in [0.717, 1.165) is 40.4 Å². The summed E-state index contributed by atoms with van der Waals surface area (Å²) in [6.07, 6.45) is 1.05. The van der Waals surface area contributed by atoms with Crippen LogP contribution in [-0.2, 0) is 13.0 Å². The zero-order chi connectivity index (χ0) is 18.8. The molecule has 0 fully saturated rings. The highest BCUT2D eigenvalue weighted by Crippen LogP contribution is 2.35. The highest BCUT2D eigenvalue weighted by molar-refractivity contribution is 5.75. The fraction of sp³-hybridized carbons (Fsp3) is 0.381. The number of rotatable bonds is 5. The molecule has 6 nitrogen and oxygen atoms in total. The highest BCUT2D eigenvalue weighted by Gasteiger charge is 2.25. The quantitative estimate of drug-likeness (QED) is 0.849. The Kier molecular flexibility index (Phi) is 4.79. The molecule has 2 aliphatic heterocycles. The van der Waals surface area contributed by atoms with Crippen molar-refractivity contribution in [3.05, 3.63) is 53.1 Å². The second-order valence-electron chi connectivity index (χ2n) is 6.86. The van der Waals surface area contributed by atoms with E-state index in [1.54, 1.807) is 0 Å². The third kappa shape index (κ3) is 3.65. The average Bonchev–Trinajstić information content (AvgIpc) is 3.22. The SMILES string of the molecule is CCOc1cc2c(cc1CNC(=O)NC1COc3ccccc31)OC(C)C2. The first-order valence-corrected chi connectivity index (χ1v) is 9.35. The zero-order valence-corrected chi connectivity index (χ0v) is 15.6. The maximum Gasteiger partial charge on any atom is 0.315 e. The van der Waals surface area contributed by atoms with Crippen molar-refractivity contribution in [2.75, 3.05) is 13.2 Å². The second kappa shape index (κ2) is 7.39. The van der Waals surface area contributed by atoms with Gasteiger partial charge in [-0.1, -0.05) is 18.2 Å². The lowest BCUT2D eigenvalue weighted by Gasteiger charge is -2.15. The maximum absolute atomic E-state index is 12.4. The Morgan fingerprint density at radius 3 is 2.96 bits per heavy atom. The molecule has 142 valence electrons. The Morgan fingerprint density at radius 1 is 1.26 bits per heavy atom. The molecule has 2 unspecified atom stereocenters. The summed E-state index contributed by atoms with van der Waals surface area (Å²) < 4.78 is 17.2. The summed E-state index contributed by atoms with van der Waals surface area (Å²) in [7, 11) is 0. The summed E-state index contributed by atoms with van der Waals surface area (Å²) >= 11 is 0. The Bertz CT molecular complexity index is 852. The van der Waals surface area contributed by atoms with E-state index in [9.17, 15) is 4.79 Å². The Morgan fingerprint density at radius 2 is 2.11 bits per heavy atom. The number of carbonyl (C=O) groups is 1. The Labute approximate surface area is 158 Å². The molecule has 0 bridgehead atoms. The zero-order valence-electron chi connectivity index (χ0n) is 15.6. The monoisotopic (exact) mass is 368 g/mol. The van der Waals surface area contributed by atoms with Gasteiger partial charge in [-0.15, -0.1) is 0 Å². The fourth-order valence-electron chi connectivity index (χ4n) is 3.58. The van der Waals surface area contributed by atoms with Crippen molar-refractivity contribution in [2.45, 2.75) is 39.0 Å². The number of ether oxygens (including phenoxy) is 3. The van der Waals surface area contributed by atoms with Crippen molar-refractivity contribution in [3.8, 4) is 17.2 Å². The van der Waals surface area contributed by atoms with E-state index in [2.05, 4.69) is 10.6 Å². The molecule has 4 rings (SSSR count). The van der Waals surface area contributed by atoms with Crippen LogP contribution in [0.5, 0.6) is 17.2 Å². The van der Waals surface area contributed by atoms with E-state index in [1.807, 2.05) is 50.2 Å². The van der Waals surface area contributed by atoms with Gasteiger partial charge in [0.15, 0.2) is 0 Å². The first kappa shape index (κ1) is 17.5. The molecular formula is C21H24N2O4. The summed E-state index contributed by atoms with van der Waals surface area (Å²) in [4.78, 5) is 12.4. The normalized spacial score (nSPS) is 19.5. The van der Waals surface area contributed by atoms with E-state index in [1.165, 1.54) is 0 Å². The largest absolute Gasteiger partial charge is 0.494 e. The fourth-order valence-corrected chi connectivity index (χ4v) is 3.58. The minimum absolute atomic E-state index is 0.142. The van der Waals surface area contributed by atoms with Gasteiger partial charge < -0.3 is 24.8 Å². The van der Waals surface area contributed by atoms with Crippen LogP contribution in [0.25, 0.3) is 0 Å². The third-order valence-electron chi connectivity index (χ3n) is 4.82. The molecular weight excluding hydrogens is 344 g/mol. The lowest BCUT2D eigenvalue weighted by molar-refractivity contribution is 0.231. The average molecular weight is 368 g/mol. The van der Waals surface area contributed by atoms with Gasteiger partial charge in [-0.05, 0) is 32.0 Å². The number of fused-ring (bicyclic) bond motifs is 2. The third-order valence-corrected chi connectivity index (χ3v) is 4.82. The molecule has 0 saturated carbocycles. The molecule has 0 saturated heterocycles. The van der Waals surface area contributed by atoms with Crippen LogP contribution < -0.4 is 24.8 Å². The highest BCUT2D eigenvalue weighted by atomic mass is 16.5. The van der Waals surface area contributed by atoms with Crippen LogP contribution >= 0.6 is 0 Å². The van der Waals surface area contributed by atoms with Gasteiger partial charge in [0.2, 0.25) is 0 Å². The van der Waals surface area contributed by atoms with Gasteiger partial charge in [-0.25, -0.2) is 4.79 Å². The van der Waals surface area contributed by atoms with E-state index in [0.29, 0.717) is 19.8 Å². The van der Waals surface area contributed by atoms with E-state index in [4.69, 9.17) is 14.2 Å². The van der Waals surface area contributed by atoms with Crippen LogP contribution in [0.2, 0.25) is 0 Å². The van der Waals surface area contributed by atoms with E-state index in [-0.39, 0.29) is 18.2 Å². The summed E-state index contributed by atoms with van der Waals surface area (Å²) in [5, 5.41) is 5.89. The Balaban J connectivity index is 1.41. The number of nitrogens with one attached hydrogen (secondary N) is 2.